The first-order chi connectivity index (χ1) is 23.9. The maximum absolute atomic E-state index is 13.6. The van der Waals surface area contributed by atoms with Crippen molar-refractivity contribution >= 4 is 28.4 Å². The molecule has 1 unspecified atom stereocenters. The predicted octanol–water partition coefficient (Wildman–Crippen LogP) is 5.01. The van der Waals surface area contributed by atoms with Crippen LogP contribution in [0.4, 0.5) is 11.5 Å². The maximum Gasteiger partial charge on any atom is 0.285 e. The Morgan fingerprint density at radius 3 is 2.51 bits per heavy atom. The quantitative estimate of drug-likeness (QED) is 0.174. The molecule has 1 aliphatic rings. The Morgan fingerprint density at radius 2 is 1.78 bits per heavy atom. The zero-order valence-electron chi connectivity index (χ0n) is 27.2. The van der Waals surface area contributed by atoms with Gasteiger partial charge in [0.05, 0.1) is 25.5 Å². The molecule has 1 atom stereocenters. The summed E-state index contributed by atoms with van der Waals surface area (Å²) < 4.78 is 16.8. The van der Waals surface area contributed by atoms with Gasteiger partial charge in [-0.2, -0.15) is 9.78 Å². The third-order valence-corrected chi connectivity index (χ3v) is 8.37. The van der Waals surface area contributed by atoms with Crippen molar-refractivity contribution in [2.24, 2.45) is 0 Å². The highest BCUT2D eigenvalue weighted by Gasteiger charge is 2.28. The number of amides is 1. The highest BCUT2D eigenvalue weighted by molar-refractivity contribution is 6.05. The third-order valence-electron chi connectivity index (χ3n) is 8.37. The summed E-state index contributed by atoms with van der Waals surface area (Å²) in [6, 6.07) is 21.8. The second-order valence-electron chi connectivity index (χ2n) is 11.9. The van der Waals surface area contributed by atoms with E-state index in [0.717, 1.165) is 24.2 Å². The van der Waals surface area contributed by atoms with Gasteiger partial charge in [0.1, 0.15) is 28.2 Å². The number of benzene rings is 2. The normalized spacial score (nSPS) is 13.1. The van der Waals surface area contributed by atoms with E-state index in [-0.39, 0.29) is 17.7 Å². The average Bonchev–Trinajstić information content (AvgIpc) is 3.63. The maximum atomic E-state index is 13.6. The van der Waals surface area contributed by atoms with E-state index in [1.165, 1.54) is 4.68 Å². The van der Waals surface area contributed by atoms with E-state index in [1.807, 2.05) is 35.0 Å². The van der Waals surface area contributed by atoms with E-state index >= 15 is 0 Å². The SMILES string of the molecule is COc1ccc(Cn2nc(NCC(C)O)c3c(Oc4ccc(NC(=O)c5c6n(n(-c7ccccn7)c5=O)CCCC6)cc4)ccnc32)cc1. The minimum atomic E-state index is -0.596. The van der Waals surface area contributed by atoms with Gasteiger partial charge in [0.2, 0.25) is 0 Å². The van der Waals surface area contributed by atoms with Crippen LogP contribution >= 0.6 is 0 Å². The van der Waals surface area contributed by atoms with E-state index in [4.69, 9.17) is 14.6 Å². The zero-order valence-corrected chi connectivity index (χ0v) is 27.2. The monoisotopic (exact) mass is 660 g/mol. The molecule has 0 saturated heterocycles. The van der Waals surface area contributed by atoms with Crippen LogP contribution in [0.2, 0.25) is 0 Å². The lowest BCUT2D eigenvalue weighted by Crippen LogP contribution is -2.26. The number of nitrogens with zero attached hydrogens (tertiary/aromatic N) is 6. The fourth-order valence-electron chi connectivity index (χ4n) is 6.03. The molecule has 0 radical (unpaired) electrons. The van der Waals surface area contributed by atoms with Crippen molar-refractivity contribution in [3.8, 4) is 23.1 Å². The van der Waals surface area contributed by atoms with E-state index in [1.54, 1.807) is 73.6 Å². The van der Waals surface area contributed by atoms with Crippen LogP contribution in [0, 0.1) is 0 Å². The first-order valence-electron chi connectivity index (χ1n) is 16.2. The van der Waals surface area contributed by atoms with Crippen LogP contribution in [0.15, 0.2) is 90.0 Å². The molecule has 13 nitrogen and oxygen atoms in total. The van der Waals surface area contributed by atoms with E-state index in [2.05, 4.69) is 20.6 Å². The number of nitrogens with one attached hydrogen (secondary N) is 2. The number of aromatic nitrogens is 6. The van der Waals surface area contributed by atoms with Gasteiger partial charge in [-0.05, 0) is 80.3 Å². The van der Waals surface area contributed by atoms with Gasteiger partial charge in [0, 0.05) is 37.2 Å². The Kier molecular flexibility index (Phi) is 8.81. The Hall–Kier alpha value is -5.95. The summed E-state index contributed by atoms with van der Waals surface area (Å²) in [6.45, 7) is 3.08. The van der Waals surface area contributed by atoms with Crippen molar-refractivity contribution in [3.63, 3.8) is 0 Å². The average molecular weight is 661 g/mol. The molecule has 7 rings (SSSR count). The van der Waals surface area contributed by atoms with Crippen LogP contribution in [0.1, 0.15) is 41.4 Å². The summed E-state index contributed by atoms with van der Waals surface area (Å²) in [4.78, 5) is 36.1. The van der Waals surface area contributed by atoms with E-state index in [9.17, 15) is 14.7 Å². The fraction of sp³-hybridized carbons (Fsp3) is 0.250. The number of rotatable bonds is 11. The van der Waals surface area contributed by atoms with Gasteiger partial charge >= 0.3 is 0 Å². The zero-order chi connectivity index (χ0) is 33.9. The molecule has 0 saturated carbocycles. The van der Waals surface area contributed by atoms with Gasteiger partial charge < -0.3 is 25.2 Å². The molecule has 2 aromatic carbocycles. The van der Waals surface area contributed by atoms with Crippen LogP contribution in [0.5, 0.6) is 17.2 Å². The molecule has 6 aromatic rings. The lowest BCUT2D eigenvalue weighted by molar-refractivity contribution is 0.102. The molecule has 3 N–H and O–H groups in total. The summed E-state index contributed by atoms with van der Waals surface area (Å²) in [5.41, 5.74) is 2.60. The molecule has 250 valence electrons. The van der Waals surface area contributed by atoms with Gasteiger partial charge in [-0.1, -0.05) is 18.2 Å². The number of methoxy groups -OCH3 is 1. The standard InChI is InChI=1S/C36H36N8O5/c1-23(45)21-39-33-32-29(17-19-38-34(32)42(41-33)22-24-9-13-26(48-2)14-10-24)49-27-15-11-25(12-16-27)40-35(46)31-28-7-4-6-20-43(28)44(36(31)47)30-8-3-5-18-37-30/h3,5,8-19,23,45H,4,6-7,20-22H2,1-2H3,(H,39,41)(H,40,46). The Labute approximate surface area is 281 Å². The van der Waals surface area contributed by atoms with Crippen molar-refractivity contribution in [3.05, 3.63) is 112 Å². The van der Waals surface area contributed by atoms with Gasteiger partial charge in [0.15, 0.2) is 17.3 Å². The number of aliphatic hydroxyl groups is 1. The number of aliphatic hydroxyl groups excluding tert-OH is 1. The largest absolute Gasteiger partial charge is 0.497 e. The summed E-state index contributed by atoms with van der Waals surface area (Å²) >= 11 is 0. The van der Waals surface area contributed by atoms with Crippen molar-refractivity contribution in [2.75, 3.05) is 24.3 Å². The minimum Gasteiger partial charge on any atom is -0.497 e. The molecular weight excluding hydrogens is 624 g/mol. The Morgan fingerprint density at radius 1 is 0.980 bits per heavy atom. The van der Waals surface area contributed by atoms with E-state index < -0.39 is 12.0 Å². The van der Waals surface area contributed by atoms with Gasteiger partial charge in [0.25, 0.3) is 11.5 Å². The van der Waals surface area contributed by atoms with Crippen molar-refractivity contribution in [1.29, 1.82) is 0 Å². The molecule has 1 amide bonds. The third kappa shape index (κ3) is 6.48. The molecule has 4 aromatic heterocycles. The fourth-order valence-corrected chi connectivity index (χ4v) is 6.03. The topological polar surface area (TPSA) is 150 Å². The molecule has 0 bridgehead atoms. The second kappa shape index (κ2) is 13.6. The van der Waals surface area contributed by atoms with Gasteiger partial charge in [-0.15, -0.1) is 0 Å². The molecule has 49 heavy (non-hydrogen) atoms. The number of hydrogen-bond donors (Lipinski definition) is 3. The predicted molar refractivity (Wildman–Crippen MR) is 185 cm³/mol. The minimum absolute atomic E-state index is 0.133. The van der Waals surface area contributed by atoms with Crippen molar-refractivity contribution < 1.29 is 19.4 Å². The summed E-state index contributed by atoms with van der Waals surface area (Å²) in [6.07, 6.45) is 5.15. The number of pyridine rings is 2. The van der Waals surface area contributed by atoms with Crippen LogP contribution in [-0.4, -0.2) is 59.9 Å². The molecule has 13 heteroatoms. The number of carbonyl (C=O) groups is 1. The first kappa shape index (κ1) is 31.6. The molecule has 5 heterocycles. The summed E-state index contributed by atoms with van der Waals surface area (Å²) in [5, 5.41) is 21.5. The second-order valence-corrected chi connectivity index (χ2v) is 11.9. The number of anilines is 2. The van der Waals surface area contributed by atoms with Crippen LogP contribution in [-0.2, 0) is 19.5 Å². The lowest BCUT2D eigenvalue weighted by Gasteiger charge is -2.18. The van der Waals surface area contributed by atoms with Gasteiger partial charge in [-0.3, -0.25) is 14.3 Å². The molecule has 0 spiro atoms. The Bertz CT molecular complexity index is 2150. The smallest absolute Gasteiger partial charge is 0.285 e. The molecular formula is C36H36N8O5. The summed E-state index contributed by atoms with van der Waals surface area (Å²) in [5.74, 6) is 2.36. The lowest BCUT2D eigenvalue weighted by atomic mass is 10.1. The van der Waals surface area contributed by atoms with Crippen LogP contribution in [0.3, 0.4) is 0 Å². The van der Waals surface area contributed by atoms with Crippen LogP contribution < -0.4 is 25.7 Å². The van der Waals surface area contributed by atoms with E-state index in [0.29, 0.717) is 65.1 Å². The molecule has 0 fully saturated rings. The number of carbonyl (C=O) groups excluding carboxylic acids is 1. The molecule has 0 aliphatic carbocycles. The first-order valence-corrected chi connectivity index (χ1v) is 16.2. The van der Waals surface area contributed by atoms with Gasteiger partial charge in [-0.25, -0.2) is 14.6 Å². The molecule has 1 aliphatic heterocycles. The number of hydrogen-bond acceptors (Lipinski definition) is 9. The van der Waals surface area contributed by atoms with Crippen LogP contribution in [0.25, 0.3) is 16.9 Å². The number of fused-ring (bicyclic) bond motifs is 2. The number of ether oxygens (including phenoxy) is 2. The van der Waals surface area contributed by atoms with Crippen molar-refractivity contribution in [2.45, 2.75) is 45.4 Å². The highest BCUT2D eigenvalue weighted by atomic mass is 16.5. The summed E-state index contributed by atoms with van der Waals surface area (Å²) in [7, 11) is 1.63. The highest BCUT2D eigenvalue weighted by Crippen LogP contribution is 2.35. The Balaban J connectivity index is 1.13. The van der Waals surface area contributed by atoms with Crippen molar-refractivity contribution in [1.82, 2.24) is 29.1 Å².